The van der Waals surface area contributed by atoms with E-state index in [9.17, 15) is 9.18 Å². The maximum Gasteiger partial charge on any atom is 0.254 e. The summed E-state index contributed by atoms with van der Waals surface area (Å²) in [5.74, 6) is 2.74. The highest BCUT2D eigenvalue weighted by Gasteiger charge is 2.24. The fourth-order valence-corrected chi connectivity index (χ4v) is 4.20. The number of hydrogen-bond acceptors (Lipinski definition) is 7. The Hall–Kier alpha value is -4.66. The standard InChI is InChI=1S/C29H28FN5O3/c1-20-18-27(32-23-8-12-24(37-2)13-9-23)33-29(31-20)35-16-14-34(15-17-35)28(36)21-4-3-5-26(19-21)38-25-10-6-22(30)7-11-25/h3-13,18-19H,14-17H2,1-2H3,(H,31,32,33). The number of carbonyl (C=O) groups excluding carboxylic acids is 1. The molecular weight excluding hydrogens is 485 g/mol. The third-order valence-electron chi connectivity index (χ3n) is 6.18. The lowest BCUT2D eigenvalue weighted by atomic mass is 10.1. The smallest absolute Gasteiger partial charge is 0.254 e. The number of anilines is 3. The number of nitrogens with zero attached hydrogens (tertiary/aromatic N) is 4. The van der Waals surface area contributed by atoms with Crippen LogP contribution in [0.15, 0.2) is 78.9 Å². The summed E-state index contributed by atoms with van der Waals surface area (Å²) in [5.41, 5.74) is 2.29. The molecule has 0 unspecified atom stereocenters. The highest BCUT2D eigenvalue weighted by atomic mass is 19.1. The zero-order valence-electron chi connectivity index (χ0n) is 21.2. The molecule has 2 heterocycles. The lowest BCUT2D eigenvalue weighted by Crippen LogP contribution is -2.49. The number of ether oxygens (including phenoxy) is 2. The Labute approximate surface area is 220 Å². The molecule has 0 atom stereocenters. The number of methoxy groups -OCH3 is 1. The number of halogens is 1. The van der Waals surface area contributed by atoms with Crippen molar-refractivity contribution < 1.29 is 18.7 Å². The van der Waals surface area contributed by atoms with Crippen LogP contribution in [0.25, 0.3) is 0 Å². The summed E-state index contributed by atoms with van der Waals surface area (Å²) in [6, 6.07) is 22.3. The average Bonchev–Trinajstić information content (AvgIpc) is 2.94. The quantitative estimate of drug-likeness (QED) is 0.353. The third kappa shape index (κ3) is 6.00. The van der Waals surface area contributed by atoms with E-state index < -0.39 is 0 Å². The molecule has 5 rings (SSSR count). The molecule has 1 aliphatic heterocycles. The lowest BCUT2D eigenvalue weighted by Gasteiger charge is -2.35. The first-order valence-corrected chi connectivity index (χ1v) is 12.3. The topological polar surface area (TPSA) is 79.8 Å². The van der Waals surface area contributed by atoms with Crippen molar-refractivity contribution in [2.24, 2.45) is 0 Å². The van der Waals surface area contributed by atoms with Crippen molar-refractivity contribution in [3.05, 3.63) is 95.9 Å². The van der Waals surface area contributed by atoms with Crippen molar-refractivity contribution in [2.75, 3.05) is 43.5 Å². The number of hydrogen-bond donors (Lipinski definition) is 1. The van der Waals surface area contributed by atoms with Crippen molar-refractivity contribution in [1.82, 2.24) is 14.9 Å². The largest absolute Gasteiger partial charge is 0.497 e. The highest BCUT2D eigenvalue weighted by Crippen LogP contribution is 2.25. The first-order valence-electron chi connectivity index (χ1n) is 12.3. The normalized spacial score (nSPS) is 13.2. The van der Waals surface area contributed by atoms with Gasteiger partial charge in [0.2, 0.25) is 5.95 Å². The van der Waals surface area contributed by atoms with Gasteiger partial charge >= 0.3 is 0 Å². The van der Waals surface area contributed by atoms with Crippen molar-refractivity contribution in [2.45, 2.75) is 6.92 Å². The summed E-state index contributed by atoms with van der Waals surface area (Å²) in [6.07, 6.45) is 0. The molecule has 1 fully saturated rings. The van der Waals surface area contributed by atoms with E-state index in [0.29, 0.717) is 55.0 Å². The number of aryl methyl sites for hydroxylation is 1. The van der Waals surface area contributed by atoms with Crippen molar-refractivity contribution >= 4 is 23.4 Å². The molecule has 1 N–H and O–H groups in total. The molecule has 9 heteroatoms. The van der Waals surface area contributed by atoms with Crippen LogP contribution in [0.3, 0.4) is 0 Å². The Morgan fingerprint density at radius 1 is 0.868 bits per heavy atom. The Bertz CT molecular complexity index is 1400. The van der Waals surface area contributed by atoms with Gasteiger partial charge in [-0.2, -0.15) is 4.98 Å². The van der Waals surface area contributed by atoms with Gasteiger partial charge in [-0.15, -0.1) is 0 Å². The van der Waals surface area contributed by atoms with Crippen LogP contribution in [0.4, 0.5) is 21.8 Å². The van der Waals surface area contributed by atoms with E-state index in [1.54, 1.807) is 43.5 Å². The lowest BCUT2D eigenvalue weighted by molar-refractivity contribution is 0.0746. The van der Waals surface area contributed by atoms with E-state index in [1.807, 2.05) is 42.2 Å². The second-order valence-corrected chi connectivity index (χ2v) is 8.91. The van der Waals surface area contributed by atoms with Gasteiger partial charge in [0.15, 0.2) is 0 Å². The van der Waals surface area contributed by atoms with E-state index in [0.717, 1.165) is 17.1 Å². The molecule has 1 saturated heterocycles. The van der Waals surface area contributed by atoms with Crippen molar-refractivity contribution in [3.8, 4) is 17.2 Å². The second kappa shape index (κ2) is 11.2. The van der Waals surface area contributed by atoms with Gasteiger partial charge < -0.3 is 24.6 Å². The number of rotatable bonds is 7. The van der Waals surface area contributed by atoms with E-state index >= 15 is 0 Å². The minimum Gasteiger partial charge on any atom is -0.497 e. The average molecular weight is 514 g/mol. The number of amides is 1. The summed E-state index contributed by atoms with van der Waals surface area (Å²) in [4.78, 5) is 26.4. The van der Waals surface area contributed by atoms with Crippen molar-refractivity contribution in [3.63, 3.8) is 0 Å². The maximum absolute atomic E-state index is 13.2. The van der Waals surface area contributed by atoms with E-state index in [2.05, 4.69) is 15.2 Å². The number of aromatic nitrogens is 2. The Balaban J connectivity index is 1.21. The summed E-state index contributed by atoms with van der Waals surface area (Å²) in [6.45, 7) is 4.25. The number of carbonyl (C=O) groups is 1. The van der Waals surface area contributed by atoms with E-state index in [4.69, 9.17) is 14.5 Å². The van der Waals surface area contributed by atoms with Crippen LogP contribution in [-0.2, 0) is 0 Å². The van der Waals surface area contributed by atoms with E-state index in [-0.39, 0.29) is 11.7 Å². The number of piperazine rings is 1. The predicted molar refractivity (Wildman–Crippen MR) is 144 cm³/mol. The molecule has 0 radical (unpaired) electrons. The molecule has 3 aromatic carbocycles. The highest BCUT2D eigenvalue weighted by molar-refractivity contribution is 5.94. The molecule has 1 aromatic heterocycles. The first kappa shape index (κ1) is 25.0. The van der Waals surface area contributed by atoms with Crippen LogP contribution >= 0.6 is 0 Å². The Kier molecular flexibility index (Phi) is 7.35. The first-order chi connectivity index (χ1) is 18.5. The minimum atomic E-state index is -0.332. The van der Waals surface area contributed by atoms with Crippen LogP contribution in [-0.4, -0.2) is 54.1 Å². The molecule has 1 aliphatic rings. The number of nitrogens with one attached hydrogen (secondary N) is 1. The molecule has 38 heavy (non-hydrogen) atoms. The zero-order chi connectivity index (χ0) is 26.5. The number of benzene rings is 3. The fraction of sp³-hybridized carbons (Fsp3) is 0.207. The maximum atomic E-state index is 13.2. The molecule has 0 saturated carbocycles. The van der Waals surface area contributed by atoms with Crippen molar-refractivity contribution in [1.29, 1.82) is 0 Å². The van der Waals surface area contributed by atoms with Gasteiger partial charge in [-0.1, -0.05) is 6.07 Å². The van der Waals surface area contributed by atoms with Gasteiger partial charge in [-0.3, -0.25) is 4.79 Å². The summed E-state index contributed by atoms with van der Waals surface area (Å²) < 4.78 is 24.2. The molecule has 0 aliphatic carbocycles. The molecule has 194 valence electrons. The summed E-state index contributed by atoms with van der Waals surface area (Å²) in [7, 11) is 1.64. The molecule has 4 aromatic rings. The molecular formula is C29H28FN5O3. The summed E-state index contributed by atoms with van der Waals surface area (Å²) in [5, 5.41) is 3.32. The predicted octanol–water partition coefficient (Wildman–Crippen LogP) is 5.43. The molecule has 0 bridgehead atoms. The monoisotopic (exact) mass is 513 g/mol. The van der Waals surface area contributed by atoms with Crippen LogP contribution in [0.2, 0.25) is 0 Å². The summed E-state index contributed by atoms with van der Waals surface area (Å²) >= 11 is 0. The van der Waals surface area contributed by atoms with Gasteiger partial charge in [0, 0.05) is 49.2 Å². The van der Waals surface area contributed by atoms with E-state index in [1.165, 1.54) is 12.1 Å². The molecule has 0 spiro atoms. The Morgan fingerprint density at radius 2 is 1.58 bits per heavy atom. The van der Waals surface area contributed by atoms with Crippen LogP contribution in [0.1, 0.15) is 16.1 Å². The van der Waals surface area contributed by atoms with Gasteiger partial charge in [0.25, 0.3) is 5.91 Å². The molecule has 8 nitrogen and oxygen atoms in total. The van der Waals surface area contributed by atoms with Gasteiger partial charge in [0.05, 0.1) is 7.11 Å². The second-order valence-electron chi connectivity index (χ2n) is 8.91. The fourth-order valence-electron chi connectivity index (χ4n) is 4.20. The van der Waals surface area contributed by atoms with Gasteiger partial charge in [0.1, 0.15) is 28.9 Å². The van der Waals surface area contributed by atoms with Gasteiger partial charge in [-0.05, 0) is 73.7 Å². The SMILES string of the molecule is COc1ccc(Nc2cc(C)nc(N3CCN(C(=O)c4cccc(Oc5ccc(F)cc5)c4)CC3)n2)cc1. The Morgan fingerprint density at radius 3 is 2.29 bits per heavy atom. The van der Waals surface area contributed by atoms with Crippen LogP contribution in [0.5, 0.6) is 17.2 Å². The van der Waals surface area contributed by atoms with Crippen LogP contribution in [0, 0.1) is 12.7 Å². The van der Waals surface area contributed by atoms with Crippen LogP contribution < -0.4 is 19.7 Å². The minimum absolute atomic E-state index is 0.0683. The third-order valence-corrected chi connectivity index (χ3v) is 6.18. The van der Waals surface area contributed by atoms with Gasteiger partial charge in [-0.25, -0.2) is 9.37 Å². The molecule has 1 amide bonds. The zero-order valence-corrected chi connectivity index (χ0v) is 21.2.